The molecule has 176 valence electrons. The first-order valence-electron chi connectivity index (χ1n) is 11.5. The van der Waals surface area contributed by atoms with Crippen LogP contribution in [0.3, 0.4) is 0 Å². The predicted molar refractivity (Wildman–Crippen MR) is 135 cm³/mol. The maximum atomic E-state index is 6.47. The highest BCUT2D eigenvalue weighted by Crippen LogP contribution is 2.29. The topological polar surface area (TPSA) is 96.2 Å². The van der Waals surface area contributed by atoms with Gasteiger partial charge in [-0.2, -0.15) is 10.1 Å². The number of nitrogens with zero attached hydrogens (tertiary/aromatic N) is 7. The number of nitrogens with one attached hydrogen (secondary N) is 2. The van der Waals surface area contributed by atoms with Crippen molar-refractivity contribution in [3.63, 3.8) is 0 Å². The highest BCUT2D eigenvalue weighted by molar-refractivity contribution is 6.32. The lowest BCUT2D eigenvalue weighted by atomic mass is 9.90. The van der Waals surface area contributed by atoms with Gasteiger partial charge in [0.15, 0.2) is 11.6 Å². The van der Waals surface area contributed by atoms with Crippen molar-refractivity contribution < 1.29 is 0 Å². The minimum atomic E-state index is 0.254. The summed E-state index contributed by atoms with van der Waals surface area (Å²) in [5.74, 6) is 2.48. The molecule has 9 nitrogen and oxygen atoms in total. The molecule has 5 heterocycles. The maximum absolute atomic E-state index is 6.47. The molecular weight excluding hydrogens is 450 g/mol. The molecule has 0 radical (unpaired) electrons. The molecule has 10 heteroatoms. The van der Waals surface area contributed by atoms with E-state index < -0.39 is 0 Å². The third-order valence-electron chi connectivity index (χ3n) is 6.39. The average Bonchev–Trinajstić information content (AvgIpc) is 3.22. The fourth-order valence-electron chi connectivity index (χ4n) is 4.42. The number of halogens is 1. The number of piperidine rings is 1. The summed E-state index contributed by atoms with van der Waals surface area (Å²) < 4.78 is 2.03. The average molecular weight is 478 g/mol. The number of fused-ring (bicyclic) bond motifs is 1. The Bertz CT molecular complexity index is 1290. The van der Waals surface area contributed by atoms with Crippen molar-refractivity contribution in [1.82, 2.24) is 29.5 Å². The molecule has 4 aromatic rings. The van der Waals surface area contributed by atoms with Crippen LogP contribution in [-0.4, -0.2) is 48.7 Å². The largest absolute Gasteiger partial charge is 0.366 e. The fourth-order valence-corrected chi connectivity index (χ4v) is 4.57. The van der Waals surface area contributed by atoms with Crippen molar-refractivity contribution in [2.24, 2.45) is 5.92 Å². The summed E-state index contributed by atoms with van der Waals surface area (Å²) in [4.78, 5) is 15.8. The summed E-state index contributed by atoms with van der Waals surface area (Å²) in [5.41, 5.74) is 3.74. The number of hydrogen-bond donors (Lipinski definition) is 2. The molecule has 1 aliphatic heterocycles. The van der Waals surface area contributed by atoms with Gasteiger partial charge in [0.2, 0.25) is 5.95 Å². The van der Waals surface area contributed by atoms with Crippen LogP contribution in [0, 0.1) is 19.8 Å². The number of anilines is 4. The van der Waals surface area contributed by atoms with Crippen molar-refractivity contribution in [1.29, 1.82) is 0 Å². The van der Waals surface area contributed by atoms with Crippen molar-refractivity contribution in [3.8, 4) is 0 Å². The van der Waals surface area contributed by atoms with Crippen LogP contribution in [-0.2, 0) is 0 Å². The van der Waals surface area contributed by atoms with E-state index in [0.29, 0.717) is 22.7 Å². The van der Waals surface area contributed by atoms with E-state index in [-0.39, 0.29) is 6.04 Å². The van der Waals surface area contributed by atoms with Gasteiger partial charge in [0.05, 0.1) is 11.9 Å². The van der Waals surface area contributed by atoms with Crippen LogP contribution < -0.4 is 15.5 Å². The third kappa shape index (κ3) is 4.61. The molecule has 0 aliphatic carbocycles. The Morgan fingerprint density at radius 2 is 2.00 bits per heavy atom. The monoisotopic (exact) mass is 477 g/mol. The van der Waals surface area contributed by atoms with Gasteiger partial charge in [-0.05, 0) is 50.8 Å². The molecule has 2 N–H and O–H groups in total. The molecular formula is C24H28ClN9. The van der Waals surface area contributed by atoms with Gasteiger partial charge in [-0.25, -0.2) is 9.97 Å². The maximum Gasteiger partial charge on any atom is 0.229 e. The van der Waals surface area contributed by atoms with Crippen LogP contribution in [0.2, 0.25) is 5.02 Å². The number of hydrogen-bond acceptors (Lipinski definition) is 8. The lowest BCUT2D eigenvalue weighted by molar-refractivity contribution is 0.365. The summed E-state index contributed by atoms with van der Waals surface area (Å²) >= 11 is 6.47. The summed E-state index contributed by atoms with van der Waals surface area (Å²) in [6.07, 6.45) is 7.45. The van der Waals surface area contributed by atoms with Gasteiger partial charge < -0.3 is 19.9 Å². The van der Waals surface area contributed by atoms with Crippen molar-refractivity contribution >= 4 is 40.5 Å². The Labute approximate surface area is 203 Å². The lowest BCUT2D eigenvalue weighted by Crippen LogP contribution is -2.46. The second-order valence-corrected chi connectivity index (χ2v) is 9.15. The molecule has 0 spiro atoms. The molecule has 0 amide bonds. The molecule has 4 aromatic heterocycles. The molecule has 2 atom stereocenters. The zero-order valence-corrected chi connectivity index (χ0v) is 20.3. The predicted octanol–water partition coefficient (Wildman–Crippen LogP) is 4.65. The zero-order chi connectivity index (χ0) is 23.7. The number of aryl methyl sites for hydroxylation is 2. The zero-order valence-electron chi connectivity index (χ0n) is 19.5. The van der Waals surface area contributed by atoms with Crippen LogP contribution in [0.25, 0.3) is 5.65 Å². The number of rotatable bonds is 6. The van der Waals surface area contributed by atoms with Crippen LogP contribution in [0.4, 0.5) is 23.3 Å². The van der Waals surface area contributed by atoms with Gasteiger partial charge in [-0.15, -0.1) is 5.10 Å². The van der Waals surface area contributed by atoms with Gasteiger partial charge in [-0.1, -0.05) is 18.5 Å². The van der Waals surface area contributed by atoms with Gasteiger partial charge >= 0.3 is 0 Å². The first kappa shape index (κ1) is 22.3. The van der Waals surface area contributed by atoms with Gasteiger partial charge in [0, 0.05) is 49.0 Å². The Balaban J connectivity index is 1.29. The van der Waals surface area contributed by atoms with Crippen LogP contribution in [0.15, 0.2) is 42.9 Å². The van der Waals surface area contributed by atoms with E-state index in [4.69, 9.17) is 11.6 Å². The van der Waals surface area contributed by atoms with E-state index in [1.165, 1.54) is 0 Å². The van der Waals surface area contributed by atoms with E-state index in [9.17, 15) is 0 Å². The first-order chi connectivity index (χ1) is 16.5. The Morgan fingerprint density at radius 1 is 1.12 bits per heavy atom. The number of pyridine rings is 1. The molecule has 34 heavy (non-hydrogen) atoms. The minimum absolute atomic E-state index is 0.254. The van der Waals surface area contributed by atoms with Crippen molar-refractivity contribution in [2.75, 3.05) is 28.6 Å². The molecule has 1 fully saturated rings. The third-order valence-corrected chi connectivity index (χ3v) is 6.66. The quantitative estimate of drug-likeness (QED) is 0.414. The summed E-state index contributed by atoms with van der Waals surface area (Å²) in [5, 5.41) is 15.9. The molecule has 1 saturated heterocycles. The second-order valence-electron chi connectivity index (χ2n) is 8.75. The van der Waals surface area contributed by atoms with Crippen LogP contribution >= 0.6 is 11.6 Å². The fraction of sp³-hybridized carbons (Fsp3) is 0.375. The molecule has 0 bridgehead atoms. The van der Waals surface area contributed by atoms with E-state index in [1.807, 2.05) is 54.9 Å². The highest BCUT2D eigenvalue weighted by atomic mass is 35.5. The lowest BCUT2D eigenvalue weighted by Gasteiger charge is -2.39. The SMILES string of the molecule is CCC1CN(c2ccc(C)nn2)CCC1Nc1nc(Nc2ccn3c(C)cnc3c2)ncc1Cl. The van der Waals surface area contributed by atoms with E-state index in [1.54, 1.807) is 6.20 Å². The molecule has 2 unspecified atom stereocenters. The Hall–Kier alpha value is -3.46. The number of aromatic nitrogens is 6. The molecule has 0 aromatic carbocycles. The highest BCUT2D eigenvalue weighted by Gasteiger charge is 2.29. The molecule has 0 saturated carbocycles. The summed E-state index contributed by atoms with van der Waals surface area (Å²) in [6, 6.07) is 8.25. The standard InChI is InChI=1S/C24H28ClN9/c1-4-17-14-33(21-6-5-15(2)31-32-21)9-8-20(17)29-23-19(25)13-27-24(30-23)28-18-7-10-34-16(3)12-26-22(34)11-18/h5-7,10-13,17,20H,4,8-9,14H2,1-3H3,(H2,27,28,29,30). The van der Waals surface area contributed by atoms with E-state index in [0.717, 1.165) is 54.5 Å². The summed E-state index contributed by atoms with van der Waals surface area (Å²) in [7, 11) is 0. The van der Waals surface area contributed by atoms with Crippen molar-refractivity contribution in [2.45, 2.75) is 39.7 Å². The van der Waals surface area contributed by atoms with Crippen LogP contribution in [0.1, 0.15) is 31.2 Å². The normalized spacial score (nSPS) is 18.3. The smallest absolute Gasteiger partial charge is 0.229 e. The molecule has 1 aliphatic rings. The minimum Gasteiger partial charge on any atom is -0.366 e. The molecule has 5 rings (SSSR count). The first-order valence-corrected chi connectivity index (χ1v) is 11.9. The Kier molecular flexibility index (Phi) is 6.19. The number of imidazole rings is 1. The van der Waals surface area contributed by atoms with Gasteiger partial charge in [-0.3, -0.25) is 0 Å². The Morgan fingerprint density at radius 3 is 2.79 bits per heavy atom. The van der Waals surface area contributed by atoms with E-state index in [2.05, 4.69) is 47.6 Å². The summed E-state index contributed by atoms with van der Waals surface area (Å²) in [6.45, 7) is 7.99. The second kappa shape index (κ2) is 9.42. The van der Waals surface area contributed by atoms with Crippen LogP contribution in [0.5, 0.6) is 0 Å². The van der Waals surface area contributed by atoms with Gasteiger partial charge in [0.1, 0.15) is 10.7 Å². The van der Waals surface area contributed by atoms with Crippen molar-refractivity contribution in [3.05, 3.63) is 59.3 Å². The van der Waals surface area contributed by atoms with E-state index >= 15 is 0 Å². The van der Waals surface area contributed by atoms with Gasteiger partial charge in [0.25, 0.3) is 0 Å².